The van der Waals surface area contributed by atoms with Crippen molar-refractivity contribution in [3.8, 4) is 11.1 Å². The van der Waals surface area contributed by atoms with E-state index in [1.165, 1.54) is 0 Å². The number of nitrogens with zero attached hydrogens (tertiary/aromatic N) is 2. The molecule has 1 N–H and O–H groups in total. The fraction of sp³-hybridized carbons (Fsp3) is 0.200. The molecule has 25 heavy (non-hydrogen) atoms. The van der Waals surface area contributed by atoms with Crippen molar-refractivity contribution in [2.45, 2.75) is 12.8 Å². The van der Waals surface area contributed by atoms with E-state index in [2.05, 4.69) is 4.90 Å². The van der Waals surface area contributed by atoms with Gasteiger partial charge in [0.2, 0.25) is 0 Å². The third-order valence-corrected chi connectivity index (χ3v) is 4.84. The summed E-state index contributed by atoms with van der Waals surface area (Å²) >= 11 is 6.19. The van der Waals surface area contributed by atoms with Gasteiger partial charge in [0, 0.05) is 29.1 Å². The highest BCUT2D eigenvalue weighted by molar-refractivity contribution is 6.31. The van der Waals surface area contributed by atoms with Gasteiger partial charge in [0.15, 0.2) is 0 Å². The number of carbonyl (C=O) groups is 1. The highest BCUT2D eigenvalue weighted by atomic mass is 35.5. The van der Waals surface area contributed by atoms with E-state index in [0.29, 0.717) is 16.4 Å². The van der Waals surface area contributed by atoms with Crippen molar-refractivity contribution in [1.29, 1.82) is 0 Å². The zero-order chi connectivity index (χ0) is 17.4. The van der Waals surface area contributed by atoms with E-state index >= 15 is 0 Å². The van der Waals surface area contributed by atoms with E-state index in [0.717, 1.165) is 42.4 Å². The molecule has 1 aliphatic heterocycles. The number of halogens is 1. The standard InChI is InChI=1S/C20H17ClN2O2/c21-14-8-9-16-15(12-14)17(13-6-2-1-3-7-13)18(20(24)25)19(22-16)23-10-4-5-11-23/h1-3,6-9,12H,4-5,10-11H2,(H,24,25). The highest BCUT2D eigenvalue weighted by Crippen LogP contribution is 2.38. The van der Waals surface area contributed by atoms with Gasteiger partial charge in [-0.3, -0.25) is 0 Å². The van der Waals surface area contributed by atoms with Crippen LogP contribution in [0, 0.1) is 0 Å². The Bertz CT molecular complexity index is 951. The Kier molecular flexibility index (Phi) is 4.06. The highest BCUT2D eigenvalue weighted by Gasteiger charge is 2.26. The van der Waals surface area contributed by atoms with Crippen LogP contribution in [-0.4, -0.2) is 29.1 Å². The first-order valence-electron chi connectivity index (χ1n) is 8.32. The van der Waals surface area contributed by atoms with E-state index in [1.54, 1.807) is 12.1 Å². The predicted molar refractivity (Wildman–Crippen MR) is 101 cm³/mol. The molecule has 0 spiro atoms. The van der Waals surface area contributed by atoms with Crippen LogP contribution in [0.2, 0.25) is 5.02 Å². The summed E-state index contributed by atoms with van der Waals surface area (Å²) in [6.45, 7) is 1.67. The minimum absolute atomic E-state index is 0.253. The molecule has 4 nitrogen and oxygen atoms in total. The van der Waals surface area contributed by atoms with Crippen LogP contribution in [0.25, 0.3) is 22.0 Å². The van der Waals surface area contributed by atoms with Gasteiger partial charge in [-0.25, -0.2) is 9.78 Å². The quantitative estimate of drug-likeness (QED) is 0.731. The Hall–Kier alpha value is -2.59. The van der Waals surface area contributed by atoms with Gasteiger partial charge in [-0.1, -0.05) is 41.9 Å². The Labute approximate surface area is 150 Å². The molecule has 0 amide bonds. The summed E-state index contributed by atoms with van der Waals surface area (Å²) < 4.78 is 0. The maximum atomic E-state index is 12.2. The molecule has 0 bridgehead atoms. The van der Waals surface area contributed by atoms with E-state index in [-0.39, 0.29) is 5.56 Å². The monoisotopic (exact) mass is 352 g/mol. The van der Waals surface area contributed by atoms with Gasteiger partial charge in [-0.05, 0) is 36.6 Å². The van der Waals surface area contributed by atoms with Gasteiger partial charge in [0.1, 0.15) is 11.4 Å². The first-order chi connectivity index (χ1) is 12.1. The summed E-state index contributed by atoms with van der Waals surface area (Å²) in [7, 11) is 0. The average molecular weight is 353 g/mol. The van der Waals surface area contributed by atoms with Crippen LogP contribution >= 0.6 is 11.6 Å². The van der Waals surface area contributed by atoms with E-state index < -0.39 is 5.97 Å². The van der Waals surface area contributed by atoms with Crippen molar-refractivity contribution in [2.75, 3.05) is 18.0 Å². The minimum Gasteiger partial charge on any atom is -0.478 e. The van der Waals surface area contributed by atoms with E-state index in [1.807, 2.05) is 36.4 Å². The topological polar surface area (TPSA) is 53.4 Å². The van der Waals surface area contributed by atoms with Gasteiger partial charge in [0.25, 0.3) is 0 Å². The van der Waals surface area contributed by atoms with Crippen LogP contribution in [0.1, 0.15) is 23.2 Å². The first-order valence-corrected chi connectivity index (χ1v) is 8.70. The molecule has 1 saturated heterocycles. The molecule has 1 fully saturated rings. The van der Waals surface area contributed by atoms with Crippen LogP contribution in [0.5, 0.6) is 0 Å². The Balaban J connectivity index is 2.11. The molecule has 5 heteroatoms. The van der Waals surface area contributed by atoms with Gasteiger partial charge < -0.3 is 10.0 Å². The number of rotatable bonds is 3. The van der Waals surface area contributed by atoms with Gasteiger partial charge in [-0.15, -0.1) is 0 Å². The molecule has 1 aliphatic rings. The van der Waals surface area contributed by atoms with Gasteiger partial charge in [-0.2, -0.15) is 0 Å². The molecule has 2 heterocycles. The lowest BCUT2D eigenvalue weighted by atomic mass is 9.95. The minimum atomic E-state index is -0.963. The Morgan fingerprint density at radius 1 is 1.08 bits per heavy atom. The first kappa shape index (κ1) is 15.9. The molecular weight excluding hydrogens is 336 g/mol. The molecule has 0 radical (unpaired) electrons. The number of hydrogen-bond acceptors (Lipinski definition) is 3. The Morgan fingerprint density at radius 3 is 2.48 bits per heavy atom. The second-order valence-corrected chi connectivity index (χ2v) is 6.65. The van der Waals surface area contributed by atoms with Crippen LogP contribution in [0.3, 0.4) is 0 Å². The zero-order valence-corrected chi connectivity index (χ0v) is 14.3. The SMILES string of the molecule is O=C(O)c1c(N2CCCC2)nc2ccc(Cl)cc2c1-c1ccccc1. The van der Waals surface area contributed by atoms with E-state index in [9.17, 15) is 9.90 Å². The lowest BCUT2D eigenvalue weighted by molar-refractivity contribution is 0.0698. The second-order valence-electron chi connectivity index (χ2n) is 6.21. The number of fused-ring (bicyclic) bond motifs is 1. The molecular formula is C20H17ClN2O2. The third-order valence-electron chi connectivity index (χ3n) is 4.61. The van der Waals surface area contributed by atoms with Crippen LogP contribution in [0.4, 0.5) is 5.82 Å². The van der Waals surface area contributed by atoms with Crippen molar-refractivity contribution >= 4 is 34.3 Å². The number of aromatic carboxylic acids is 1. The maximum Gasteiger partial charge on any atom is 0.340 e. The smallest absolute Gasteiger partial charge is 0.340 e. The fourth-order valence-electron chi connectivity index (χ4n) is 3.49. The van der Waals surface area contributed by atoms with Crippen LogP contribution in [0.15, 0.2) is 48.5 Å². The second kappa shape index (κ2) is 6.37. The zero-order valence-electron chi connectivity index (χ0n) is 13.6. The maximum absolute atomic E-state index is 12.2. The van der Waals surface area contributed by atoms with Gasteiger partial charge in [0.05, 0.1) is 5.52 Å². The molecule has 3 aromatic rings. The molecule has 2 aromatic carbocycles. The average Bonchev–Trinajstić information content (AvgIpc) is 3.15. The normalized spacial score (nSPS) is 14.2. The fourth-order valence-corrected chi connectivity index (χ4v) is 3.66. The molecule has 0 saturated carbocycles. The van der Waals surface area contributed by atoms with Crippen LogP contribution in [-0.2, 0) is 0 Å². The van der Waals surface area contributed by atoms with Crippen molar-refractivity contribution in [3.63, 3.8) is 0 Å². The number of carboxylic acid groups (broad SMARTS) is 1. The number of benzene rings is 2. The number of hydrogen-bond donors (Lipinski definition) is 1. The summed E-state index contributed by atoms with van der Waals surface area (Å²) in [4.78, 5) is 19.0. The molecule has 0 atom stereocenters. The van der Waals surface area contributed by atoms with Crippen molar-refractivity contribution in [3.05, 3.63) is 59.1 Å². The Morgan fingerprint density at radius 2 is 1.80 bits per heavy atom. The number of aromatic nitrogens is 1. The third kappa shape index (κ3) is 2.83. The summed E-state index contributed by atoms with van der Waals surface area (Å²) in [5.41, 5.74) is 2.55. The molecule has 126 valence electrons. The van der Waals surface area contributed by atoms with Crippen molar-refractivity contribution in [2.24, 2.45) is 0 Å². The summed E-state index contributed by atoms with van der Waals surface area (Å²) in [5.74, 6) is -0.409. The number of pyridine rings is 1. The predicted octanol–water partition coefficient (Wildman–Crippen LogP) is 4.85. The molecule has 0 unspecified atom stereocenters. The molecule has 0 aliphatic carbocycles. The number of carboxylic acids is 1. The van der Waals surface area contributed by atoms with Crippen molar-refractivity contribution < 1.29 is 9.90 Å². The van der Waals surface area contributed by atoms with Crippen LogP contribution < -0.4 is 4.90 Å². The van der Waals surface area contributed by atoms with E-state index in [4.69, 9.17) is 16.6 Å². The summed E-state index contributed by atoms with van der Waals surface area (Å²) in [6, 6.07) is 15.0. The number of anilines is 1. The van der Waals surface area contributed by atoms with Crippen molar-refractivity contribution in [1.82, 2.24) is 4.98 Å². The summed E-state index contributed by atoms with van der Waals surface area (Å²) in [6.07, 6.45) is 2.11. The lowest BCUT2D eigenvalue weighted by Gasteiger charge is -2.22. The summed E-state index contributed by atoms with van der Waals surface area (Å²) in [5, 5.41) is 11.3. The lowest BCUT2D eigenvalue weighted by Crippen LogP contribution is -2.23. The molecule has 1 aromatic heterocycles. The molecule has 4 rings (SSSR count). The van der Waals surface area contributed by atoms with Gasteiger partial charge >= 0.3 is 5.97 Å². The largest absolute Gasteiger partial charge is 0.478 e.